The van der Waals surface area contributed by atoms with Gasteiger partial charge in [-0.25, -0.2) is 0 Å². The first-order valence-electron chi connectivity index (χ1n) is 15.3. The minimum Gasteiger partial charge on any atom is -0.465 e. The smallest absolute Gasteiger partial charge is 0.310 e. The predicted octanol–water partition coefficient (Wildman–Crippen LogP) is 5.16. The molecule has 3 heterocycles. The Balaban J connectivity index is 1.70. The van der Waals surface area contributed by atoms with Crippen LogP contribution in [0.15, 0.2) is 55.6 Å². The van der Waals surface area contributed by atoms with Crippen LogP contribution in [-0.4, -0.2) is 85.9 Å². The second kappa shape index (κ2) is 15.1. The standard InChI is InChI=1S/C33H45BrN2O5S/c1-4-7-9-14-19-41-32(40)26-27-30(38)36(24(22-37)20-23-15-11-10-12-16-23)29(33(27)21-25(34)28(26)42-33)31(39)35(17-6-3)18-13-8-5-2/h4,6,10-12,15-16,24-29,37H,1,3,5,7-9,13-14,17-22H2,2H3/t24-,25?,26+,27+,28+,29?,33?/m1/s1. The van der Waals surface area contributed by atoms with Gasteiger partial charge in [0.1, 0.15) is 6.04 Å². The number of nitrogens with zero attached hydrogens (tertiary/aromatic N) is 2. The van der Waals surface area contributed by atoms with Gasteiger partial charge in [-0.3, -0.25) is 14.4 Å². The fourth-order valence-corrected chi connectivity index (χ4v) is 10.6. The van der Waals surface area contributed by atoms with Crippen molar-refractivity contribution in [3.63, 3.8) is 0 Å². The lowest BCUT2D eigenvalue weighted by Crippen LogP contribution is -2.58. The molecule has 3 aliphatic rings. The molecule has 9 heteroatoms. The summed E-state index contributed by atoms with van der Waals surface area (Å²) in [4.78, 5) is 46.2. The molecule has 1 spiro atoms. The van der Waals surface area contributed by atoms with Crippen LogP contribution in [0.25, 0.3) is 0 Å². The van der Waals surface area contributed by atoms with Crippen LogP contribution in [0.4, 0.5) is 0 Å². The maximum absolute atomic E-state index is 14.6. The molecule has 2 amide bonds. The lowest BCUT2D eigenvalue weighted by Gasteiger charge is -2.40. The number of thioether (sulfide) groups is 1. The van der Waals surface area contributed by atoms with Gasteiger partial charge in [0.05, 0.1) is 35.8 Å². The SMILES string of the molecule is C=CCCCCOC(=O)[C@H]1[C@H]2C(=O)N([C@@H](CO)Cc3ccccc3)C(C(=O)N(CC=C)CCCCC)C23CC(Br)[C@@H]1S3. The average molecular weight is 662 g/mol. The summed E-state index contributed by atoms with van der Waals surface area (Å²) in [7, 11) is 0. The summed E-state index contributed by atoms with van der Waals surface area (Å²) in [5.41, 5.74) is 0.974. The Kier molecular flexibility index (Phi) is 11.8. The maximum Gasteiger partial charge on any atom is 0.310 e. The Morgan fingerprint density at radius 2 is 1.98 bits per heavy atom. The van der Waals surface area contributed by atoms with Crippen LogP contribution in [0, 0.1) is 11.8 Å². The first kappa shape index (κ1) is 32.8. The average Bonchev–Trinajstić information content (AvgIpc) is 3.59. The number of carbonyl (C=O) groups is 3. The number of unbranched alkanes of at least 4 members (excludes halogenated alkanes) is 4. The molecule has 7 atom stereocenters. The third-order valence-electron chi connectivity index (χ3n) is 8.89. The summed E-state index contributed by atoms with van der Waals surface area (Å²) in [6, 6.07) is 8.33. The van der Waals surface area contributed by atoms with Gasteiger partial charge in [0.15, 0.2) is 0 Å². The van der Waals surface area contributed by atoms with Gasteiger partial charge in [-0.15, -0.1) is 24.9 Å². The lowest BCUT2D eigenvalue weighted by atomic mass is 9.71. The molecule has 3 aliphatic heterocycles. The van der Waals surface area contributed by atoms with Crippen molar-refractivity contribution in [3.8, 4) is 0 Å². The molecule has 1 N–H and O–H groups in total. The summed E-state index contributed by atoms with van der Waals surface area (Å²) in [5, 5.41) is 10.5. The molecule has 4 rings (SSSR count). The summed E-state index contributed by atoms with van der Waals surface area (Å²) in [6.45, 7) is 10.7. The van der Waals surface area contributed by atoms with E-state index in [1.807, 2.05) is 41.3 Å². The fraction of sp³-hybridized carbons (Fsp3) is 0.606. The number of halogens is 1. The van der Waals surface area contributed by atoms with E-state index in [1.54, 1.807) is 22.7 Å². The van der Waals surface area contributed by atoms with Crippen LogP contribution in [0.5, 0.6) is 0 Å². The van der Waals surface area contributed by atoms with Crippen LogP contribution in [0.1, 0.15) is 57.4 Å². The van der Waals surface area contributed by atoms with E-state index in [1.165, 1.54) is 0 Å². The van der Waals surface area contributed by atoms with Crippen LogP contribution in [0.2, 0.25) is 0 Å². The van der Waals surface area contributed by atoms with E-state index in [-0.39, 0.29) is 34.5 Å². The number of alkyl halides is 1. The van der Waals surface area contributed by atoms with Crippen molar-refractivity contribution in [2.45, 2.75) is 85.2 Å². The number of esters is 1. The lowest BCUT2D eigenvalue weighted by molar-refractivity contribution is -0.154. The van der Waals surface area contributed by atoms with E-state index in [0.717, 1.165) is 44.1 Å². The summed E-state index contributed by atoms with van der Waals surface area (Å²) >= 11 is 5.43. The molecule has 230 valence electrons. The highest BCUT2D eigenvalue weighted by molar-refractivity contribution is 9.09. The Hall–Kier alpha value is -2.10. The van der Waals surface area contributed by atoms with Gasteiger partial charge in [-0.05, 0) is 44.1 Å². The van der Waals surface area contributed by atoms with E-state index in [0.29, 0.717) is 32.5 Å². The minimum atomic E-state index is -0.794. The van der Waals surface area contributed by atoms with Gasteiger partial charge in [0.2, 0.25) is 11.8 Å². The fourth-order valence-electron chi connectivity index (χ4n) is 6.98. The molecular formula is C33H45BrN2O5S. The molecule has 42 heavy (non-hydrogen) atoms. The van der Waals surface area contributed by atoms with Gasteiger partial charge < -0.3 is 19.6 Å². The minimum absolute atomic E-state index is 0.0326. The Labute approximate surface area is 263 Å². The van der Waals surface area contributed by atoms with Crippen molar-refractivity contribution >= 4 is 45.5 Å². The van der Waals surface area contributed by atoms with Crippen molar-refractivity contribution in [1.82, 2.24) is 9.80 Å². The second-order valence-electron chi connectivity index (χ2n) is 11.7. The van der Waals surface area contributed by atoms with Crippen molar-refractivity contribution in [2.75, 3.05) is 26.3 Å². The Morgan fingerprint density at radius 1 is 1.21 bits per heavy atom. The number of aliphatic hydroxyl groups excluding tert-OH is 1. The van der Waals surface area contributed by atoms with Crippen molar-refractivity contribution in [2.24, 2.45) is 11.8 Å². The molecule has 0 aromatic heterocycles. The number of hydrogen-bond acceptors (Lipinski definition) is 6. The number of rotatable bonds is 17. The molecule has 3 fully saturated rings. The highest BCUT2D eigenvalue weighted by atomic mass is 79.9. The van der Waals surface area contributed by atoms with Crippen LogP contribution in [-0.2, 0) is 25.5 Å². The zero-order valence-electron chi connectivity index (χ0n) is 24.7. The van der Waals surface area contributed by atoms with E-state index in [4.69, 9.17) is 4.74 Å². The van der Waals surface area contributed by atoms with E-state index in [9.17, 15) is 19.5 Å². The van der Waals surface area contributed by atoms with Gasteiger partial charge >= 0.3 is 5.97 Å². The number of carbonyl (C=O) groups excluding carboxylic acids is 3. The number of aliphatic hydroxyl groups is 1. The number of amides is 2. The molecule has 0 radical (unpaired) electrons. The first-order chi connectivity index (χ1) is 20.3. The number of benzene rings is 1. The molecule has 7 nitrogen and oxygen atoms in total. The van der Waals surface area contributed by atoms with E-state index >= 15 is 0 Å². The molecule has 3 saturated heterocycles. The van der Waals surface area contributed by atoms with Crippen LogP contribution < -0.4 is 0 Å². The van der Waals surface area contributed by atoms with Crippen molar-refractivity contribution in [3.05, 3.63) is 61.2 Å². The number of hydrogen-bond donors (Lipinski definition) is 1. The van der Waals surface area contributed by atoms with Gasteiger partial charge in [-0.1, -0.05) is 78.2 Å². The second-order valence-corrected chi connectivity index (χ2v) is 14.4. The highest BCUT2D eigenvalue weighted by Gasteiger charge is 2.76. The zero-order chi connectivity index (χ0) is 30.3. The maximum atomic E-state index is 14.6. The van der Waals surface area contributed by atoms with E-state index < -0.39 is 28.7 Å². The first-order valence-corrected chi connectivity index (χ1v) is 17.1. The summed E-state index contributed by atoms with van der Waals surface area (Å²) < 4.78 is 4.97. The monoisotopic (exact) mass is 660 g/mol. The van der Waals surface area contributed by atoms with Gasteiger partial charge in [0, 0.05) is 23.2 Å². The molecule has 1 aromatic carbocycles. The number of fused-ring (bicyclic) bond motifs is 1. The Morgan fingerprint density at radius 3 is 2.64 bits per heavy atom. The topological polar surface area (TPSA) is 87.1 Å². The molecule has 3 unspecified atom stereocenters. The Bertz CT molecular complexity index is 1120. The third kappa shape index (κ3) is 6.53. The summed E-state index contributed by atoms with van der Waals surface area (Å²) in [5.74, 6) is -2.04. The van der Waals surface area contributed by atoms with Gasteiger partial charge in [0.25, 0.3) is 0 Å². The zero-order valence-corrected chi connectivity index (χ0v) is 27.1. The van der Waals surface area contributed by atoms with E-state index in [2.05, 4.69) is 36.0 Å². The van der Waals surface area contributed by atoms with Crippen molar-refractivity contribution in [1.29, 1.82) is 0 Å². The van der Waals surface area contributed by atoms with Crippen molar-refractivity contribution < 1.29 is 24.2 Å². The largest absolute Gasteiger partial charge is 0.465 e. The summed E-state index contributed by atoms with van der Waals surface area (Å²) in [6.07, 6.45) is 9.94. The molecule has 2 bridgehead atoms. The predicted molar refractivity (Wildman–Crippen MR) is 171 cm³/mol. The highest BCUT2D eigenvalue weighted by Crippen LogP contribution is 2.68. The molecule has 0 aliphatic carbocycles. The quantitative estimate of drug-likeness (QED) is 0.108. The normalized spacial score (nSPS) is 28.4. The number of likely N-dealkylation sites (tertiary alicyclic amines) is 1. The molecular weight excluding hydrogens is 616 g/mol. The number of ether oxygens (including phenoxy) is 1. The third-order valence-corrected chi connectivity index (χ3v) is 12.1. The number of allylic oxidation sites excluding steroid dienone is 1. The van der Waals surface area contributed by atoms with Crippen LogP contribution >= 0.6 is 27.7 Å². The molecule has 1 aromatic rings. The molecule has 0 saturated carbocycles. The van der Waals surface area contributed by atoms with Gasteiger partial charge in [-0.2, -0.15) is 0 Å². The van der Waals surface area contributed by atoms with Crippen LogP contribution in [0.3, 0.4) is 0 Å².